The summed E-state index contributed by atoms with van der Waals surface area (Å²) in [5, 5.41) is 18.0. The van der Waals surface area contributed by atoms with Gasteiger partial charge in [0.1, 0.15) is 33.9 Å². The monoisotopic (exact) mass is 770 g/mol. The molecule has 0 spiro atoms. The van der Waals surface area contributed by atoms with Crippen LogP contribution in [-0.4, -0.2) is 44.2 Å². The maximum Gasteiger partial charge on any atom is 0.149 e. The molecule has 0 aliphatic carbocycles. The van der Waals surface area contributed by atoms with Crippen molar-refractivity contribution in [1.29, 1.82) is 0 Å². The second-order valence-corrected chi connectivity index (χ2v) is 9.94. The van der Waals surface area contributed by atoms with Crippen molar-refractivity contribution >= 4 is 22.1 Å². The zero-order valence-electron chi connectivity index (χ0n) is 28.4. The number of methoxy groups -OCH3 is 2. The minimum Gasteiger partial charge on any atom is -0.494 e. The van der Waals surface area contributed by atoms with Crippen molar-refractivity contribution in [3.8, 4) is 22.9 Å². The van der Waals surface area contributed by atoms with E-state index in [0.29, 0.717) is 0 Å². The number of aromatic nitrogens is 6. The molecule has 0 amide bonds. The standard InChI is InChI=1S/C17H18N3O.C14H13N3O.C3H8.C2H5.2Y/c1-5-13-9-12(3)17(21-4)16(10-13)20-18-14-7-6-11(2)8-15(14)19-20;1-10-6-5-9-13(14(10)18-2)17-15-11-7-3-4-8-12(11)16-17;1-3-2;1-2;;/h6-10H,2,5H2,1,3-4H3;3-9H,1-2H3;3H2,1-2H3;1H2,2H3;;/q-1;;;-1;;. The number of ether oxygens (including phenoxy) is 2. The first-order valence-corrected chi connectivity index (χ1v) is 14.9. The summed E-state index contributed by atoms with van der Waals surface area (Å²) < 4.78 is 11.0. The predicted octanol–water partition coefficient (Wildman–Crippen LogP) is 8.47. The molecule has 0 bridgehead atoms. The van der Waals surface area contributed by atoms with Crippen molar-refractivity contribution in [3.63, 3.8) is 0 Å². The molecule has 8 nitrogen and oxygen atoms in total. The van der Waals surface area contributed by atoms with Crippen molar-refractivity contribution < 1.29 is 74.9 Å². The van der Waals surface area contributed by atoms with Gasteiger partial charge in [-0.25, -0.2) is 0 Å². The zero-order valence-corrected chi connectivity index (χ0v) is 34.1. The molecule has 0 saturated carbocycles. The van der Waals surface area contributed by atoms with Gasteiger partial charge < -0.3 is 16.4 Å². The maximum atomic E-state index is 5.54. The Balaban J connectivity index is 0.000000392. The van der Waals surface area contributed by atoms with Crippen LogP contribution in [0.3, 0.4) is 0 Å². The molecule has 0 saturated heterocycles. The first-order valence-electron chi connectivity index (χ1n) is 14.9. The van der Waals surface area contributed by atoms with Gasteiger partial charge in [-0.2, -0.15) is 35.7 Å². The molecule has 0 aliphatic rings. The van der Waals surface area contributed by atoms with Gasteiger partial charge >= 0.3 is 0 Å². The topological polar surface area (TPSA) is 79.9 Å². The van der Waals surface area contributed by atoms with E-state index in [9.17, 15) is 0 Å². The van der Waals surface area contributed by atoms with E-state index in [2.05, 4.69) is 67.1 Å². The van der Waals surface area contributed by atoms with E-state index < -0.39 is 0 Å². The van der Waals surface area contributed by atoms with E-state index in [4.69, 9.17) is 9.47 Å². The van der Waals surface area contributed by atoms with Gasteiger partial charge in [-0.05, 0) is 61.2 Å². The van der Waals surface area contributed by atoms with Gasteiger partial charge in [-0.3, -0.25) is 0 Å². The largest absolute Gasteiger partial charge is 0.494 e. The van der Waals surface area contributed by atoms with Crippen LogP contribution >= 0.6 is 0 Å². The van der Waals surface area contributed by atoms with Crippen molar-refractivity contribution in [2.45, 2.75) is 54.4 Å². The number of benzene rings is 4. The van der Waals surface area contributed by atoms with Crippen molar-refractivity contribution in [1.82, 2.24) is 30.0 Å². The van der Waals surface area contributed by atoms with E-state index in [1.165, 1.54) is 12.0 Å². The number of nitrogens with zero attached hydrogens (tertiary/aromatic N) is 6. The van der Waals surface area contributed by atoms with Gasteiger partial charge in [0.05, 0.1) is 25.3 Å². The summed E-state index contributed by atoms with van der Waals surface area (Å²) in [6.45, 7) is 19.4. The SMILES string of the molecule is CCC.COc1c(C)cccc1-n1nc2ccccc2n1.[CH2-]C.[CH2-]c1ccc2nn(-c3cc(CC)cc(C)c3OC)nc2c1.[Y].[Y]. The van der Waals surface area contributed by atoms with Crippen LogP contribution in [0.15, 0.2) is 72.8 Å². The fourth-order valence-corrected chi connectivity index (χ4v) is 4.54. The predicted molar refractivity (Wildman–Crippen MR) is 181 cm³/mol. The number of aryl methyl sites for hydroxylation is 3. The van der Waals surface area contributed by atoms with Crippen molar-refractivity contribution in [2.24, 2.45) is 0 Å². The van der Waals surface area contributed by atoms with Crippen molar-refractivity contribution in [3.05, 3.63) is 109 Å². The third kappa shape index (κ3) is 10.2. The van der Waals surface area contributed by atoms with Crippen LogP contribution in [0.25, 0.3) is 33.4 Å². The van der Waals surface area contributed by atoms with Crippen LogP contribution in [0, 0.1) is 27.7 Å². The second kappa shape index (κ2) is 20.6. The van der Waals surface area contributed by atoms with E-state index in [0.717, 1.165) is 68.1 Å². The van der Waals surface area contributed by atoms with Gasteiger partial charge in [0, 0.05) is 65.4 Å². The molecular formula is C36H44N6O2Y2-2. The molecule has 0 unspecified atom stereocenters. The first kappa shape index (κ1) is 41.4. The average molecular weight is 771 g/mol. The summed E-state index contributed by atoms with van der Waals surface area (Å²) in [4.78, 5) is 3.27. The average Bonchev–Trinajstić information content (AvgIpc) is 3.66. The Bertz CT molecular complexity index is 1770. The van der Waals surface area contributed by atoms with Crippen LogP contribution in [0.1, 0.15) is 56.4 Å². The molecule has 6 rings (SSSR count). The molecule has 46 heavy (non-hydrogen) atoms. The summed E-state index contributed by atoms with van der Waals surface area (Å²) in [6, 6.07) is 23.7. The number of fused-ring (bicyclic) bond motifs is 2. The summed E-state index contributed by atoms with van der Waals surface area (Å²) >= 11 is 0. The summed E-state index contributed by atoms with van der Waals surface area (Å²) in [6.07, 6.45) is 2.21. The molecule has 0 N–H and O–H groups in total. The Morgan fingerprint density at radius 3 is 1.65 bits per heavy atom. The second-order valence-electron chi connectivity index (χ2n) is 9.94. The number of hydrogen-bond donors (Lipinski definition) is 0. The van der Waals surface area contributed by atoms with Crippen LogP contribution in [0.4, 0.5) is 0 Å². The molecule has 2 heterocycles. The zero-order chi connectivity index (χ0) is 32.2. The third-order valence-corrected chi connectivity index (χ3v) is 6.48. The number of rotatable bonds is 5. The van der Waals surface area contributed by atoms with Gasteiger partial charge in [-0.15, -0.1) is 25.9 Å². The summed E-state index contributed by atoms with van der Waals surface area (Å²) in [7, 11) is 3.34. The minimum atomic E-state index is 0. The Morgan fingerprint density at radius 1 is 0.609 bits per heavy atom. The van der Waals surface area contributed by atoms with Crippen LogP contribution in [-0.2, 0) is 71.8 Å². The molecule has 4 aromatic carbocycles. The van der Waals surface area contributed by atoms with Gasteiger partial charge in [0.15, 0.2) is 0 Å². The van der Waals surface area contributed by atoms with E-state index >= 15 is 0 Å². The van der Waals surface area contributed by atoms with Gasteiger partial charge in [-0.1, -0.05) is 63.6 Å². The molecule has 10 heteroatoms. The normalized spacial score (nSPS) is 9.76. The molecular weight excluding hydrogens is 726 g/mol. The summed E-state index contributed by atoms with van der Waals surface area (Å²) in [5.74, 6) is 1.61. The van der Waals surface area contributed by atoms with Crippen LogP contribution in [0.2, 0.25) is 0 Å². The van der Waals surface area contributed by atoms with Crippen molar-refractivity contribution in [2.75, 3.05) is 14.2 Å². The molecule has 238 valence electrons. The Kier molecular flexibility index (Phi) is 18.5. The molecule has 0 aliphatic heterocycles. The molecule has 0 atom stereocenters. The maximum absolute atomic E-state index is 5.54. The smallest absolute Gasteiger partial charge is 0.149 e. The molecule has 6 aromatic rings. The Hall–Kier alpha value is -2.64. The Labute approximate surface area is 324 Å². The van der Waals surface area contributed by atoms with E-state index in [1.54, 1.807) is 30.7 Å². The third-order valence-electron chi connectivity index (χ3n) is 6.48. The molecule has 2 radical (unpaired) electrons. The molecule has 2 aromatic heterocycles. The molecule has 0 fully saturated rings. The van der Waals surface area contributed by atoms with Crippen LogP contribution < -0.4 is 9.47 Å². The summed E-state index contributed by atoms with van der Waals surface area (Å²) in [5.41, 5.74) is 9.49. The Morgan fingerprint density at radius 2 is 1.11 bits per heavy atom. The fourth-order valence-electron chi connectivity index (χ4n) is 4.54. The number of para-hydroxylation sites is 1. The number of hydrogen-bond acceptors (Lipinski definition) is 6. The van der Waals surface area contributed by atoms with Gasteiger partial charge in [0.2, 0.25) is 0 Å². The fraction of sp³-hybridized carbons (Fsp3) is 0.278. The van der Waals surface area contributed by atoms with E-state index in [1.807, 2.05) is 74.5 Å². The van der Waals surface area contributed by atoms with Gasteiger partial charge in [0.25, 0.3) is 0 Å². The van der Waals surface area contributed by atoms with Crippen LogP contribution in [0.5, 0.6) is 11.5 Å². The minimum absolute atomic E-state index is 0. The first-order chi connectivity index (χ1) is 21.3. The quantitative estimate of drug-likeness (QED) is 0.164. The van der Waals surface area contributed by atoms with E-state index in [-0.39, 0.29) is 65.4 Å².